The fraction of sp³-hybridized carbons (Fsp3) is 0.214. The standard InChI is InChI=1S/C56H52N3O.Pt/c1-54(2,3)41-29-39(28-40(30-41)49-32-37(26-27-57-49)35-16-11-10-12-17-35)46-20-15-21-50-51(46)58-53(47-33-42(55(4,5)6)34-48(52(47)60)56(7,8)9)59(50)43-24-25-45-38(31-43)23-22-36-18-13-14-19-44(36)45;/h10-27,29-34,60H,1-9H3;/q-1;. The van der Waals surface area contributed by atoms with Crippen LogP contribution in [0, 0.1) is 6.07 Å². The van der Waals surface area contributed by atoms with Gasteiger partial charge >= 0.3 is 0 Å². The van der Waals surface area contributed by atoms with Gasteiger partial charge in [0, 0.05) is 44.2 Å². The van der Waals surface area contributed by atoms with Gasteiger partial charge in [-0.3, -0.25) is 9.55 Å². The van der Waals surface area contributed by atoms with E-state index in [-0.39, 0.29) is 43.1 Å². The van der Waals surface area contributed by atoms with Crippen molar-refractivity contribution in [3.8, 4) is 56.3 Å². The van der Waals surface area contributed by atoms with Crippen molar-refractivity contribution in [1.82, 2.24) is 14.5 Å². The van der Waals surface area contributed by atoms with E-state index in [9.17, 15) is 5.11 Å². The van der Waals surface area contributed by atoms with Crippen molar-refractivity contribution in [1.29, 1.82) is 0 Å². The summed E-state index contributed by atoms with van der Waals surface area (Å²) in [5.41, 5.74) is 12.0. The van der Waals surface area contributed by atoms with Crippen LogP contribution in [0.5, 0.6) is 5.75 Å². The van der Waals surface area contributed by atoms with Crippen molar-refractivity contribution in [3.05, 3.63) is 168 Å². The summed E-state index contributed by atoms with van der Waals surface area (Å²) in [5.74, 6) is 0.949. The van der Waals surface area contributed by atoms with Crippen molar-refractivity contribution in [2.45, 2.75) is 78.6 Å². The average molecular weight is 978 g/mol. The van der Waals surface area contributed by atoms with Crippen LogP contribution in [0.2, 0.25) is 0 Å². The Morgan fingerprint density at radius 1 is 0.541 bits per heavy atom. The predicted molar refractivity (Wildman–Crippen MR) is 252 cm³/mol. The quantitative estimate of drug-likeness (QED) is 0.138. The SMILES string of the molecule is CC(C)(C)c1cc(-c2cc(-c3ccccc3)ccn2)[c-]c(-c2cccc3c2nc(-c2cc(C(C)(C)C)cc(C(C)(C)C)c2O)n3-c2ccc3c(ccc4ccccc43)c2)c1.[Pt]. The van der Waals surface area contributed by atoms with E-state index in [0.717, 1.165) is 66.7 Å². The molecule has 0 amide bonds. The zero-order valence-electron chi connectivity index (χ0n) is 36.5. The van der Waals surface area contributed by atoms with Gasteiger partial charge in [-0.05, 0) is 84.8 Å². The van der Waals surface area contributed by atoms with E-state index >= 15 is 0 Å². The molecule has 308 valence electrons. The molecule has 1 N–H and O–H groups in total. The molecule has 0 aliphatic heterocycles. The molecule has 4 nitrogen and oxygen atoms in total. The molecule has 0 atom stereocenters. The third-order valence-electron chi connectivity index (χ3n) is 11.9. The van der Waals surface area contributed by atoms with E-state index in [1.807, 2.05) is 12.3 Å². The Bertz CT molecular complexity index is 3100. The van der Waals surface area contributed by atoms with Gasteiger partial charge in [-0.15, -0.1) is 29.3 Å². The van der Waals surface area contributed by atoms with Gasteiger partial charge in [-0.25, -0.2) is 4.98 Å². The third-order valence-corrected chi connectivity index (χ3v) is 11.9. The maximum atomic E-state index is 12.4. The van der Waals surface area contributed by atoms with Gasteiger partial charge in [0.15, 0.2) is 0 Å². The number of phenols is 1. The van der Waals surface area contributed by atoms with Crippen LogP contribution in [-0.2, 0) is 37.3 Å². The summed E-state index contributed by atoms with van der Waals surface area (Å²) >= 11 is 0. The van der Waals surface area contributed by atoms with E-state index in [0.29, 0.717) is 11.4 Å². The molecule has 0 aliphatic rings. The second-order valence-electron chi connectivity index (χ2n) is 19.3. The summed E-state index contributed by atoms with van der Waals surface area (Å²) in [6.45, 7) is 19.9. The Morgan fingerprint density at radius 3 is 1.95 bits per heavy atom. The number of phenolic OH excluding ortho intramolecular Hbond substituents is 1. The van der Waals surface area contributed by atoms with E-state index in [4.69, 9.17) is 9.97 Å². The van der Waals surface area contributed by atoms with Crippen molar-refractivity contribution in [2.24, 2.45) is 0 Å². The Balaban J connectivity index is 0.00000514. The monoisotopic (exact) mass is 977 g/mol. The minimum Gasteiger partial charge on any atom is -0.507 e. The molecule has 61 heavy (non-hydrogen) atoms. The molecular formula is C56H52N3OPt-. The van der Waals surface area contributed by atoms with Crippen LogP contribution in [0.15, 0.2) is 146 Å². The first-order valence-corrected chi connectivity index (χ1v) is 21.0. The van der Waals surface area contributed by atoms with Crippen LogP contribution in [0.4, 0.5) is 0 Å². The molecule has 0 aliphatic carbocycles. The normalized spacial score (nSPS) is 12.3. The molecule has 2 heterocycles. The summed E-state index contributed by atoms with van der Waals surface area (Å²) in [4.78, 5) is 10.5. The fourth-order valence-corrected chi connectivity index (χ4v) is 8.38. The molecular weight excluding hydrogens is 926 g/mol. The Kier molecular flexibility index (Phi) is 10.7. The number of pyridine rings is 1. The van der Waals surface area contributed by atoms with Gasteiger partial charge in [-0.2, -0.15) is 0 Å². The zero-order valence-corrected chi connectivity index (χ0v) is 38.7. The van der Waals surface area contributed by atoms with Crippen LogP contribution in [0.25, 0.3) is 83.2 Å². The van der Waals surface area contributed by atoms with Gasteiger partial charge in [0.1, 0.15) is 11.6 Å². The summed E-state index contributed by atoms with van der Waals surface area (Å²) < 4.78 is 2.24. The number of hydrogen-bond acceptors (Lipinski definition) is 3. The summed E-state index contributed by atoms with van der Waals surface area (Å²) in [6.07, 6.45) is 1.89. The number of para-hydroxylation sites is 1. The predicted octanol–water partition coefficient (Wildman–Crippen LogP) is 14.8. The number of benzene rings is 7. The van der Waals surface area contributed by atoms with Crippen LogP contribution in [-0.4, -0.2) is 19.6 Å². The van der Waals surface area contributed by atoms with Crippen LogP contribution in [0.1, 0.15) is 79.0 Å². The molecule has 0 fully saturated rings. The molecule has 9 aromatic rings. The largest absolute Gasteiger partial charge is 0.507 e. The number of imidazole rings is 1. The topological polar surface area (TPSA) is 50.9 Å². The Labute approximate surface area is 374 Å². The molecule has 0 unspecified atom stereocenters. The van der Waals surface area contributed by atoms with Crippen molar-refractivity contribution in [2.75, 3.05) is 0 Å². The summed E-state index contributed by atoms with van der Waals surface area (Å²) in [5, 5.41) is 17.1. The van der Waals surface area contributed by atoms with Gasteiger partial charge < -0.3 is 5.11 Å². The molecule has 9 rings (SSSR count). The minimum atomic E-state index is -0.309. The van der Waals surface area contributed by atoms with E-state index in [2.05, 4.69) is 206 Å². The van der Waals surface area contributed by atoms with Gasteiger partial charge in [-0.1, -0.05) is 171 Å². The number of aromatic nitrogens is 3. The maximum Gasteiger partial charge on any atom is 0.148 e. The molecule has 2 aromatic heterocycles. The molecule has 0 bridgehead atoms. The molecule has 0 spiro atoms. The first-order valence-electron chi connectivity index (χ1n) is 21.0. The smallest absolute Gasteiger partial charge is 0.148 e. The van der Waals surface area contributed by atoms with E-state index in [1.165, 1.54) is 21.7 Å². The minimum absolute atomic E-state index is 0. The van der Waals surface area contributed by atoms with Gasteiger partial charge in [0.05, 0.1) is 16.6 Å². The van der Waals surface area contributed by atoms with E-state index < -0.39 is 0 Å². The number of aromatic hydroxyl groups is 1. The van der Waals surface area contributed by atoms with Gasteiger partial charge in [0.2, 0.25) is 0 Å². The first-order chi connectivity index (χ1) is 28.5. The van der Waals surface area contributed by atoms with Crippen molar-refractivity contribution >= 4 is 32.6 Å². The fourth-order valence-electron chi connectivity index (χ4n) is 8.38. The average Bonchev–Trinajstić information content (AvgIpc) is 3.62. The first kappa shape index (κ1) is 41.9. The summed E-state index contributed by atoms with van der Waals surface area (Å²) in [7, 11) is 0. The van der Waals surface area contributed by atoms with Crippen LogP contribution >= 0.6 is 0 Å². The molecule has 5 heteroatoms. The molecule has 7 aromatic carbocycles. The van der Waals surface area contributed by atoms with Gasteiger partial charge in [0.25, 0.3) is 0 Å². The zero-order chi connectivity index (χ0) is 42.1. The number of rotatable bonds is 5. The third kappa shape index (κ3) is 7.84. The number of hydrogen-bond donors (Lipinski definition) is 1. The number of nitrogens with zero attached hydrogens (tertiary/aromatic N) is 3. The maximum absolute atomic E-state index is 12.4. The molecule has 0 radical (unpaired) electrons. The number of fused-ring (bicyclic) bond motifs is 4. The van der Waals surface area contributed by atoms with Crippen LogP contribution in [0.3, 0.4) is 0 Å². The van der Waals surface area contributed by atoms with Crippen LogP contribution < -0.4 is 0 Å². The molecule has 0 saturated heterocycles. The Hall–Kier alpha value is -5.83. The second kappa shape index (κ2) is 15.6. The van der Waals surface area contributed by atoms with E-state index in [1.54, 1.807) is 0 Å². The van der Waals surface area contributed by atoms with Crippen molar-refractivity contribution in [3.63, 3.8) is 0 Å². The molecule has 0 saturated carbocycles. The summed E-state index contributed by atoms with van der Waals surface area (Å²) in [6, 6.07) is 53.3. The Morgan fingerprint density at radius 2 is 1.21 bits per heavy atom. The second-order valence-corrected chi connectivity index (χ2v) is 19.3. The van der Waals surface area contributed by atoms with Crippen molar-refractivity contribution < 1.29 is 26.2 Å².